The van der Waals surface area contributed by atoms with Gasteiger partial charge < -0.3 is 24.6 Å². The molecule has 2 amide bonds. The van der Waals surface area contributed by atoms with Gasteiger partial charge in [0.05, 0.1) is 26.2 Å². The van der Waals surface area contributed by atoms with Crippen molar-refractivity contribution in [3.05, 3.63) is 24.3 Å². The second kappa shape index (κ2) is 8.03. The van der Waals surface area contributed by atoms with Crippen molar-refractivity contribution < 1.29 is 37.1 Å². The Kier molecular flexibility index (Phi) is 5.73. The molecule has 7 nitrogen and oxygen atoms in total. The minimum Gasteiger partial charge on any atom is -0.485 e. The van der Waals surface area contributed by atoms with E-state index in [1.165, 1.54) is 0 Å². The predicted octanol–water partition coefficient (Wildman–Crippen LogP) is -0.768. The lowest BCUT2D eigenvalue weighted by Crippen LogP contribution is -3.16. The molecule has 0 aliphatic carbocycles. The number of quaternary nitrogens is 1. The van der Waals surface area contributed by atoms with Crippen LogP contribution in [-0.4, -0.2) is 74.9 Å². The number of nitrogens with one attached hydrogen (secondary N) is 2. The molecule has 0 unspecified atom stereocenters. The average molecular weight is 388 g/mol. The van der Waals surface area contributed by atoms with Crippen LogP contribution in [0.5, 0.6) is 11.5 Å². The van der Waals surface area contributed by atoms with E-state index in [4.69, 9.17) is 9.47 Å². The molecular formula is C17H21F3N3O4+. The number of hydrogen-bond donors (Lipinski definition) is 2. The van der Waals surface area contributed by atoms with Crippen LogP contribution in [0.3, 0.4) is 0 Å². The number of hydrogen-bond acceptors (Lipinski definition) is 4. The fraction of sp³-hybridized carbons (Fsp3) is 0.529. The molecule has 0 aromatic heterocycles. The summed E-state index contributed by atoms with van der Waals surface area (Å²) in [6.07, 6.45) is -5.15. The van der Waals surface area contributed by atoms with Gasteiger partial charge in [-0.1, -0.05) is 12.1 Å². The number of nitrogens with zero attached hydrogens (tertiary/aromatic N) is 1. The Labute approximate surface area is 154 Å². The summed E-state index contributed by atoms with van der Waals surface area (Å²) < 4.78 is 47.6. The van der Waals surface area contributed by atoms with Crippen molar-refractivity contribution >= 4 is 11.8 Å². The first-order valence-electron chi connectivity index (χ1n) is 8.66. The van der Waals surface area contributed by atoms with Crippen molar-refractivity contribution in [3.8, 4) is 11.5 Å². The lowest BCUT2D eigenvalue weighted by Gasteiger charge is -2.35. The summed E-state index contributed by atoms with van der Waals surface area (Å²) >= 11 is 0. The number of para-hydroxylation sites is 2. The molecule has 0 bridgehead atoms. The summed E-state index contributed by atoms with van der Waals surface area (Å²) in [5, 5.41) is 1.86. The summed E-state index contributed by atoms with van der Waals surface area (Å²) in [4.78, 5) is 26.7. The highest BCUT2D eigenvalue weighted by atomic mass is 19.4. The largest absolute Gasteiger partial charge is 0.485 e. The second-order valence-corrected chi connectivity index (χ2v) is 6.51. The van der Waals surface area contributed by atoms with Crippen LogP contribution in [0.4, 0.5) is 13.2 Å². The van der Waals surface area contributed by atoms with Gasteiger partial charge >= 0.3 is 6.18 Å². The van der Waals surface area contributed by atoms with E-state index in [0.717, 1.165) is 4.90 Å². The third-order valence-electron chi connectivity index (χ3n) is 4.46. The van der Waals surface area contributed by atoms with Gasteiger partial charge in [-0.05, 0) is 12.1 Å². The molecule has 3 rings (SSSR count). The molecule has 0 radical (unpaired) electrons. The van der Waals surface area contributed by atoms with Gasteiger partial charge in [-0.25, -0.2) is 0 Å². The van der Waals surface area contributed by atoms with Gasteiger partial charge in [0.15, 0.2) is 18.0 Å². The predicted molar refractivity (Wildman–Crippen MR) is 87.6 cm³/mol. The van der Waals surface area contributed by atoms with Gasteiger partial charge in [0, 0.05) is 0 Å². The Bertz CT molecular complexity index is 690. The fourth-order valence-corrected chi connectivity index (χ4v) is 3.05. The molecule has 10 heteroatoms. The summed E-state index contributed by atoms with van der Waals surface area (Å²) in [5.41, 5.74) is 0. The number of fused-ring (bicyclic) bond motifs is 1. The lowest BCUT2D eigenvalue weighted by molar-refractivity contribution is -0.896. The average Bonchev–Trinajstić information content (AvgIpc) is 2.65. The number of rotatable bonds is 4. The van der Waals surface area contributed by atoms with Gasteiger partial charge in [0.25, 0.3) is 11.8 Å². The van der Waals surface area contributed by atoms with E-state index in [1.54, 1.807) is 23.1 Å². The SMILES string of the molecule is O=C(C[NH+]1CCN(C(=O)[C@H]2COc3ccccc3O2)CC1)NCC(F)(F)F. The van der Waals surface area contributed by atoms with E-state index in [1.807, 2.05) is 11.4 Å². The summed E-state index contributed by atoms with van der Waals surface area (Å²) in [6, 6.07) is 7.11. The van der Waals surface area contributed by atoms with Crippen LogP contribution in [0.1, 0.15) is 0 Å². The van der Waals surface area contributed by atoms with Crippen molar-refractivity contribution in [2.75, 3.05) is 45.9 Å². The highest BCUT2D eigenvalue weighted by molar-refractivity contribution is 5.82. The van der Waals surface area contributed by atoms with Crippen molar-refractivity contribution in [1.29, 1.82) is 0 Å². The van der Waals surface area contributed by atoms with Gasteiger partial charge in [-0.2, -0.15) is 13.2 Å². The van der Waals surface area contributed by atoms with E-state index in [2.05, 4.69) is 0 Å². The molecule has 2 aliphatic rings. The third kappa shape index (κ3) is 5.25. The number of piperazine rings is 1. The number of ether oxygens (including phenoxy) is 2. The molecule has 0 saturated carbocycles. The molecule has 2 heterocycles. The first-order valence-corrected chi connectivity index (χ1v) is 8.66. The van der Waals surface area contributed by atoms with Crippen molar-refractivity contribution in [3.63, 3.8) is 0 Å². The van der Waals surface area contributed by atoms with Crippen LogP contribution in [0, 0.1) is 0 Å². The summed E-state index contributed by atoms with van der Waals surface area (Å²) in [6.45, 7) is 0.524. The monoisotopic (exact) mass is 388 g/mol. The van der Waals surface area contributed by atoms with Crippen LogP contribution in [0.15, 0.2) is 24.3 Å². The van der Waals surface area contributed by atoms with Gasteiger partial charge in [0.2, 0.25) is 6.10 Å². The van der Waals surface area contributed by atoms with E-state index >= 15 is 0 Å². The molecule has 148 valence electrons. The maximum Gasteiger partial charge on any atom is 0.405 e. The first kappa shape index (κ1) is 19.3. The molecule has 1 aromatic carbocycles. The van der Waals surface area contributed by atoms with Crippen LogP contribution in [-0.2, 0) is 9.59 Å². The Hall–Kier alpha value is -2.49. The molecule has 1 aromatic rings. The maximum atomic E-state index is 12.6. The van der Waals surface area contributed by atoms with Gasteiger partial charge in [-0.15, -0.1) is 0 Å². The minimum absolute atomic E-state index is 0.0471. The zero-order chi connectivity index (χ0) is 19.4. The van der Waals surface area contributed by atoms with Crippen LogP contribution >= 0.6 is 0 Å². The minimum atomic E-state index is -4.42. The Balaban J connectivity index is 1.44. The summed E-state index contributed by atoms with van der Waals surface area (Å²) in [5.74, 6) is 0.279. The first-order chi connectivity index (χ1) is 12.8. The quantitative estimate of drug-likeness (QED) is 0.711. The number of halogens is 3. The van der Waals surface area contributed by atoms with E-state index in [0.29, 0.717) is 37.7 Å². The van der Waals surface area contributed by atoms with Crippen LogP contribution < -0.4 is 19.7 Å². The molecule has 1 fully saturated rings. The van der Waals surface area contributed by atoms with E-state index in [9.17, 15) is 22.8 Å². The third-order valence-corrected chi connectivity index (χ3v) is 4.46. The highest BCUT2D eigenvalue weighted by Gasteiger charge is 2.34. The van der Waals surface area contributed by atoms with Crippen molar-refractivity contribution in [2.45, 2.75) is 12.3 Å². The van der Waals surface area contributed by atoms with Crippen LogP contribution in [0.2, 0.25) is 0 Å². The second-order valence-electron chi connectivity index (χ2n) is 6.51. The number of carbonyl (C=O) groups excluding carboxylic acids is 2. The summed E-state index contributed by atoms with van der Waals surface area (Å²) in [7, 11) is 0. The molecule has 1 saturated heterocycles. The Morgan fingerprint density at radius 1 is 1.19 bits per heavy atom. The number of benzene rings is 1. The fourth-order valence-electron chi connectivity index (χ4n) is 3.05. The lowest BCUT2D eigenvalue weighted by atomic mass is 10.2. The molecule has 2 aliphatic heterocycles. The molecule has 27 heavy (non-hydrogen) atoms. The van der Waals surface area contributed by atoms with E-state index in [-0.39, 0.29) is 19.1 Å². The van der Waals surface area contributed by atoms with E-state index < -0.39 is 24.7 Å². The topological polar surface area (TPSA) is 72.3 Å². The Morgan fingerprint density at radius 3 is 2.52 bits per heavy atom. The molecular weight excluding hydrogens is 367 g/mol. The van der Waals surface area contributed by atoms with Crippen LogP contribution in [0.25, 0.3) is 0 Å². The molecule has 1 atom stereocenters. The van der Waals surface area contributed by atoms with Gasteiger partial charge in [0.1, 0.15) is 13.2 Å². The van der Waals surface area contributed by atoms with Crippen molar-refractivity contribution in [1.82, 2.24) is 10.2 Å². The molecule has 2 N–H and O–H groups in total. The number of alkyl halides is 3. The maximum absolute atomic E-state index is 12.6. The Morgan fingerprint density at radius 2 is 1.85 bits per heavy atom. The molecule has 0 spiro atoms. The van der Waals surface area contributed by atoms with Gasteiger partial charge in [-0.3, -0.25) is 9.59 Å². The smallest absolute Gasteiger partial charge is 0.405 e. The zero-order valence-corrected chi connectivity index (χ0v) is 14.6. The number of amides is 2. The van der Waals surface area contributed by atoms with Crippen molar-refractivity contribution in [2.24, 2.45) is 0 Å². The standard InChI is InChI=1S/C17H20F3N3O4/c18-17(19,20)11-21-15(24)9-22-5-7-23(8-6-22)16(25)14-10-26-12-3-1-2-4-13(12)27-14/h1-4,14H,5-11H2,(H,21,24)/p+1/t14-/m1/s1. The normalized spacial score (nSPS) is 20.3. The highest BCUT2D eigenvalue weighted by Crippen LogP contribution is 2.31. The number of carbonyl (C=O) groups is 2. The zero-order valence-electron chi connectivity index (χ0n) is 14.6.